The van der Waals surface area contributed by atoms with Crippen LogP contribution in [0.5, 0.6) is 0 Å². The van der Waals surface area contributed by atoms with Gasteiger partial charge in [-0.05, 0) is 30.3 Å². The topological polar surface area (TPSA) is 70.9 Å². The van der Waals surface area contributed by atoms with E-state index in [4.69, 9.17) is 0 Å². The number of rotatable bonds is 4. The Bertz CT molecular complexity index is 609. The Kier molecular flexibility index (Phi) is 3.83. The van der Waals surface area contributed by atoms with Crippen LogP contribution in [-0.2, 0) is 13.2 Å². The maximum absolute atomic E-state index is 13.7. The van der Waals surface area contributed by atoms with E-state index in [1.807, 2.05) is 0 Å². The van der Waals surface area contributed by atoms with Gasteiger partial charge in [0.25, 0.3) is 0 Å². The predicted octanol–water partition coefficient (Wildman–Crippen LogP) is 1.37. The third kappa shape index (κ3) is 2.32. The van der Waals surface area contributed by atoms with Crippen LogP contribution in [0.4, 0.5) is 4.39 Å². The van der Waals surface area contributed by atoms with Crippen molar-refractivity contribution in [3.05, 3.63) is 40.1 Å². The fourth-order valence-electron chi connectivity index (χ4n) is 1.54. The molecule has 2 rings (SSSR count). The van der Waals surface area contributed by atoms with Gasteiger partial charge in [-0.3, -0.25) is 4.57 Å². The van der Waals surface area contributed by atoms with Crippen LogP contribution in [0.25, 0.3) is 0 Å². The Hall–Kier alpha value is -1.60. The first-order chi connectivity index (χ1) is 8.67. The predicted molar refractivity (Wildman–Crippen MR) is 65.0 cm³/mol. The zero-order valence-electron chi connectivity index (χ0n) is 9.68. The minimum Gasteiger partial charge on any atom is -0.392 e. The van der Waals surface area contributed by atoms with E-state index >= 15 is 0 Å². The van der Waals surface area contributed by atoms with Gasteiger partial charge in [0.05, 0.1) is 11.5 Å². The van der Waals surface area contributed by atoms with Crippen molar-refractivity contribution >= 4 is 11.8 Å². The van der Waals surface area contributed by atoms with E-state index in [1.165, 1.54) is 16.7 Å². The number of nitrogens with one attached hydrogen (secondary N) is 1. The van der Waals surface area contributed by atoms with E-state index < -0.39 is 5.82 Å². The molecule has 0 unspecified atom stereocenters. The molecule has 0 bridgehead atoms. The zero-order chi connectivity index (χ0) is 13.1. The molecule has 1 heterocycles. The summed E-state index contributed by atoms with van der Waals surface area (Å²) in [6.45, 7) is 1.98. The summed E-state index contributed by atoms with van der Waals surface area (Å²) >= 11 is 1.02. The highest BCUT2D eigenvalue weighted by atomic mass is 32.2. The lowest BCUT2D eigenvalue weighted by molar-refractivity contribution is 0.277. The molecule has 0 aliphatic carbocycles. The molecule has 18 heavy (non-hydrogen) atoms. The van der Waals surface area contributed by atoms with Gasteiger partial charge in [-0.2, -0.15) is 0 Å². The molecule has 0 fully saturated rings. The molecule has 0 saturated carbocycles. The summed E-state index contributed by atoms with van der Waals surface area (Å²) in [5.41, 5.74) is 0.139. The SMILES string of the molecule is CCn1c(Sc2c(F)cccc2CO)n[nH]c1=O. The minimum absolute atomic E-state index is 0.263. The van der Waals surface area contributed by atoms with Crippen LogP contribution < -0.4 is 5.69 Å². The maximum atomic E-state index is 13.7. The number of halogens is 1. The van der Waals surface area contributed by atoms with Crippen LogP contribution in [0.3, 0.4) is 0 Å². The third-order valence-electron chi connectivity index (χ3n) is 2.45. The Morgan fingerprint density at radius 2 is 2.33 bits per heavy atom. The van der Waals surface area contributed by atoms with E-state index in [9.17, 15) is 14.3 Å². The summed E-state index contributed by atoms with van der Waals surface area (Å²) in [4.78, 5) is 11.7. The molecule has 2 aromatic rings. The first-order valence-corrected chi connectivity index (χ1v) is 6.20. The lowest BCUT2D eigenvalue weighted by Crippen LogP contribution is -2.16. The van der Waals surface area contributed by atoms with E-state index in [2.05, 4.69) is 10.2 Å². The molecule has 0 spiro atoms. The van der Waals surface area contributed by atoms with Crippen LogP contribution in [0, 0.1) is 5.82 Å². The van der Waals surface area contributed by atoms with Gasteiger partial charge in [-0.25, -0.2) is 14.3 Å². The molecule has 0 radical (unpaired) electrons. The van der Waals surface area contributed by atoms with Crippen LogP contribution in [-0.4, -0.2) is 19.9 Å². The summed E-state index contributed by atoms with van der Waals surface area (Å²) in [6, 6.07) is 4.47. The van der Waals surface area contributed by atoms with Crippen molar-refractivity contribution < 1.29 is 9.50 Å². The number of hydrogen-bond donors (Lipinski definition) is 2. The smallest absolute Gasteiger partial charge is 0.343 e. The molecule has 7 heteroatoms. The second-order valence-electron chi connectivity index (χ2n) is 3.54. The van der Waals surface area contributed by atoms with Crippen molar-refractivity contribution in [1.29, 1.82) is 0 Å². The van der Waals surface area contributed by atoms with Gasteiger partial charge >= 0.3 is 5.69 Å². The molecule has 96 valence electrons. The fraction of sp³-hybridized carbons (Fsp3) is 0.273. The quantitative estimate of drug-likeness (QED) is 0.879. The van der Waals surface area contributed by atoms with Gasteiger partial charge in [0.15, 0.2) is 5.16 Å². The van der Waals surface area contributed by atoms with E-state index in [1.54, 1.807) is 13.0 Å². The highest BCUT2D eigenvalue weighted by Crippen LogP contribution is 2.30. The molecule has 0 amide bonds. The maximum Gasteiger partial charge on any atom is 0.343 e. The van der Waals surface area contributed by atoms with E-state index in [-0.39, 0.29) is 17.2 Å². The standard InChI is InChI=1S/C11H12FN3O2S/c1-2-15-10(17)13-14-11(15)18-9-7(6-16)4-3-5-8(9)12/h3-5,16H,2,6H2,1H3,(H,13,17). The van der Waals surface area contributed by atoms with Gasteiger partial charge in [0, 0.05) is 6.54 Å². The van der Waals surface area contributed by atoms with Crippen molar-refractivity contribution in [2.75, 3.05) is 0 Å². The Balaban J connectivity index is 2.42. The largest absolute Gasteiger partial charge is 0.392 e. The highest BCUT2D eigenvalue weighted by Gasteiger charge is 2.14. The van der Waals surface area contributed by atoms with Gasteiger partial charge in [-0.15, -0.1) is 5.10 Å². The number of H-pyrrole nitrogens is 1. The summed E-state index contributed by atoms with van der Waals surface area (Å²) in [5.74, 6) is -0.440. The summed E-state index contributed by atoms with van der Waals surface area (Å²) in [5, 5.41) is 15.7. The zero-order valence-corrected chi connectivity index (χ0v) is 10.5. The molecule has 0 aliphatic rings. The summed E-state index contributed by atoms with van der Waals surface area (Å²) in [6.07, 6.45) is 0. The van der Waals surface area contributed by atoms with Crippen LogP contribution in [0.2, 0.25) is 0 Å². The van der Waals surface area contributed by atoms with Crippen molar-refractivity contribution in [1.82, 2.24) is 14.8 Å². The van der Waals surface area contributed by atoms with Gasteiger partial charge in [0.1, 0.15) is 5.82 Å². The fourth-order valence-corrected chi connectivity index (χ4v) is 2.57. The molecule has 1 aromatic carbocycles. The third-order valence-corrected chi connectivity index (χ3v) is 3.61. The first-order valence-electron chi connectivity index (χ1n) is 5.38. The average Bonchev–Trinajstić information content (AvgIpc) is 2.72. The lowest BCUT2D eigenvalue weighted by atomic mass is 10.2. The molecular weight excluding hydrogens is 257 g/mol. The second kappa shape index (κ2) is 5.36. The van der Waals surface area contributed by atoms with Crippen molar-refractivity contribution in [2.24, 2.45) is 0 Å². The summed E-state index contributed by atoms with van der Waals surface area (Å²) < 4.78 is 15.1. The molecule has 5 nitrogen and oxygen atoms in total. The van der Waals surface area contributed by atoms with E-state index in [0.29, 0.717) is 17.3 Å². The number of benzene rings is 1. The molecule has 0 atom stereocenters. The number of hydrogen-bond acceptors (Lipinski definition) is 4. The minimum atomic E-state index is -0.440. The van der Waals surface area contributed by atoms with Gasteiger partial charge in [0.2, 0.25) is 0 Å². The Morgan fingerprint density at radius 1 is 1.56 bits per heavy atom. The van der Waals surface area contributed by atoms with Crippen molar-refractivity contribution in [2.45, 2.75) is 30.1 Å². The van der Waals surface area contributed by atoms with Crippen LogP contribution >= 0.6 is 11.8 Å². The first kappa shape index (κ1) is 12.8. The molecule has 1 aromatic heterocycles. The number of aliphatic hydroxyl groups is 1. The van der Waals surface area contributed by atoms with Crippen molar-refractivity contribution in [3.63, 3.8) is 0 Å². The second-order valence-corrected chi connectivity index (χ2v) is 4.52. The number of nitrogens with zero attached hydrogens (tertiary/aromatic N) is 2. The Labute approximate surface area is 107 Å². The average molecular weight is 269 g/mol. The lowest BCUT2D eigenvalue weighted by Gasteiger charge is -2.07. The number of aliphatic hydroxyl groups excluding tert-OH is 1. The van der Waals surface area contributed by atoms with Gasteiger partial charge < -0.3 is 5.11 Å². The van der Waals surface area contributed by atoms with Crippen molar-refractivity contribution in [3.8, 4) is 0 Å². The number of aromatic nitrogens is 3. The normalized spacial score (nSPS) is 10.8. The molecular formula is C11H12FN3O2S. The Morgan fingerprint density at radius 3 is 3.00 bits per heavy atom. The number of aromatic amines is 1. The van der Waals surface area contributed by atoms with Gasteiger partial charge in [-0.1, -0.05) is 12.1 Å². The van der Waals surface area contributed by atoms with E-state index in [0.717, 1.165) is 11.8 Å². The van der Waals surface area contributed by atoms with Crippen LogP contribution in [0.15, 0.2) is 33.0 Å². The van der Waals surface area contributed by atoms with Crippen LogP contribution in [0.1, 0.15) is 12.5 Å². The molecule has 0 saturated heterocycles. The highest BCUT2D eigenvalue weighted by molar-refractivity contribution is 7.99. The molecule has 0 aliphatic heterocycles. The summed E-state index contributed by atoms with van der Waals surface area (Å²) in [7, 11) is 0. The molecule has 2 N–H and O–H groups in total. The monoisotopic (exact) mass is 269 g/mol.